The summed E-state index contributed by atoms with van der Waals surface area (Å²) in [6.07, 6.45) is 7.74. The van der Waals surface area contributed by atoms with Crippen molar-refractivity contribution in [2.45, 2.75) is 43.9 Å². The van der Waals surface area contributed by atoms with Crippen molar-refractivity contribution in [3.05, 3.63) is 29.8 Å². The van der Waals surface area contributed by atoms with E-state index in [0.717, 1.165) is 6.54 Å². The lowest BCUT2D eigenvalue weighted by atomic mass is 9.67. The van der Waals surface area contributed by atoms with Crippen LogP contribution in [-0.2, 0) is 5.41 Å². The molecule has 1 saturated carbocycles. The van der Waals surface area contributed by atoms with Crippen LogP contribution in [0.3, 0.4) is 0 Å². The van der Waals surface area contributed by atoms with Crippen molar-refractivity contribution >= 4 is 17.0 Å². The summed E-state index contributed by atoms with van der Waals surface area (Å²) in [5, 5.41) is 9.73. The lowest BCUT2D eigenvalue weighted by Crippen LogP contribution is -2.33. The maximum Gasteiger partial charge on any atom is 0.115 e. The van der Waals surface area contributed by atoms with E-state index in [0.29, 0.717) is 11.2 Å². The van der Waals surface area contributed by atoms with Crippen LogP contribution in [0.15, 0.2) is 24.3 Å². The summed E-state index contributed by atoms with van der Waals surface area (Å²) in [7, 11) is 4.28. The van der Waals surface area contributed by atoms with Gasteiger partial charge in [-0.3, -0.25) is 0 Å². The Kier molecular flexibility index (Phi) is 6.34. The number of hydrogen-bond donors (Lipinski definition) is 1. The third kappa shape index (κ3) is 4.22. The number of benzene rings is 1. The van der Waals surface area contributed by atoms with E-state index in [1.54, 1.807) is 6.07 Å². The minimum atomic E-state index is 0. The average molecular weight is 328 g/mol. The van der Waals surface area contributed by atoms with E-state index in [4.69, 9.17) is 0 Å². The van der Waals surface area contributed by atoms with Crippen molar-refractivity contribution < 1.29 is 5.11 Å². The quantitative estimate of drug-likeness (QED) is 0.898. The Labute approximate surface area is 127 Å². The smallest absolute Gasteiger partial charge is 0.115 e. The average Bonchev–Trinajstić information content (AvgIpc) is 2.37. The minimum Gasteiger partial charge on any atom is -0.508 e. The standard InChI is InChI=1S/C16H25NO.BrH/c1-17(2)12-11-16(9-4-3-5-10-16)14-7-6-8-15(18)13-14;/h6-8,13,18H,3-5,9-12H2,1-2H3;1H. The first-order chi connectivity index (χ1) is 8.62. The Morgan fingerprint density at radius 3 is 2.42 bits per heavy atom. The van der Waals surface area contributed by atoms with Gasteiger partial charge in [0.2, 0.25) is 0 Å². The molecule has 2 nitrogen and oxygen atoms in total. The van der Waals surface area contributed by atoms with Crippen molar-refractivity contribution in [2.24, 2.45) is 0 Å². The molecule has 1 N–H and O–H groups in total. The van der Waals surface area contributed by atoms with Crippen LogP contribution in [0, 0.1) is 0 Å². The highest BCUT2D eigenvalue weighted by molar-refractivity contribution is 8.93. The Bertz CT molecular complexity index is 386. The largest absolute Gasteiger partial charge is 0.508 e. The molecule has 1 fully saturated rings. The maximum absolute atomic E-state index is 9.73. The van der Waals surface area contributed by atoms with Gasteiger partial charge < -0.3 is 10.0 Å². The molecule has 0 aromatic heterocycles. The topological polar surface area (TPSA) is 23.5 Å². The SMILES string of the molecule is Br.CN(C)CCC1(c2cccc(O)c2)CCCCC1. The number of rotatable bonds is 4. The first-order valence-electron chi connectivity index (χ1n) is 7.07. The molecule has 1 aliphatic rings. The van der Waals surface area contributed by atoms with Crippen LogP contribution in [0.4, 0.5) is 0 Å². The number of aromatic hydroxyl groups is 1. The van der Waals surface area contributed by atoms with E-state index in [1.165, 1.54) is 44.1 Å². The third-order valence-corrected chi connectivity index (χ3v) is 4.31. The van der Waals surface area contributed by atoms with Crippen LogP contribution in [0.5, 0.6) is 5.75 Å². The Hall–Kier alpha value is -0.540. The van der Waals surface area contributed by atoms with E-state index in [2.05, 4.69) is 25.1 Å². The van der Waals surface area contributed by atoms with Gasteiger partial charge in [0.05, 0.1) is 0 Å². The normalized spacial score (nSPS) is 18.1. The molecule has 1 aliphatic carbocycles. The van der Waals surface area contributed by atoms with Gasteiger partial charge in [-0.15, -0.1) is 17.0 Å². The van der Waals surface area contributed by atoms with Gasteiger partial charge in [0, 0.05) is 0 Å². The zero-order valence-electron chi connectivity index (χ0n) is 12.1. The van der Waals surface area contributed by atoms with Crippen LogP contribution in [0.1, 0.15) is 44.1 Å². The zero-order chi connectivity index (χ0) is 13.0. The van der Waals surface area contributed by atoms with Gasteiger partial charge in [-0.25, -0.2) is 0 Å². The van der Waals surface area contributed by atoms with Crippen molar-refractivity contribution in [3.63, 3.8) is 0 Å². The molecule has 0 saturated heterocycles. The molecular weight excluding hydrogens is 302 g/mol. The number of nitrogens with zero attached hydrogens (tertiary/aromatic N) is 1. The molecule has 19 heavy (non-hydrogen) atoms. The number of phenolic OH excluding ortho intramolecular Hbond substituents is 1. The first-order valence-corrected chi connectivity index (χ1v) is 7.07. The Morgan fingerprint density at radius 1 is 1.16 bits per heavy atom. The van der Waals surface area contributed by atoms with Gasteiger partial charge in [-0.1, -0.05) is 31.4 Å². The number of hydrogen-bond acceptors (Lipinski definition) is 2. The molecule has 2 rings (SSSR count). The highest BCUT2D eigenvalue weighted by Gasteiger charge is 2.33. The second-order valence-electron chi connectivity index (χ2n) is 5.94. The summed E-state index contributed by atoms with van der Waals surface area (Å²) in [5.41, 5.74) is 1.63. The lowest BCUT2D eigenvalue weighted by molar-refractivity contribution is 0.241. The summed E-state index contributed by atoms with van der Waals surface area (Å²) in [6.45, 7) is 1.12. The van der Waals surface area contributed by atoms with Crippen LogP contribution in [0.2, 0.25) is 0 Å². The molecule has 0 radical (unpaired) electrons. The number of phenols is 1. The molecule has 1 aromatic carbocycles. The molecule has 0 amide bonds. The van der Waals surface area contributed by atoms with E-state index < -0.39 is 0 Å². The lowest BCUT2D eigenvalue weighted by Gasteiger charge is -2.39. The molecule has 0 atom stereocenters. The molecule has 0 aliphatic heterocycles. The summed E-state index contributed by atoms with van der Waals surface area (Å²) >= 11 is 0. The van der Waals surface area contributed by atoms with Crippen LogP contribution in [0.25, 0.3) is 0 Å². The maximum atomic E-state index is 9.73. The van der Waals surface area contributed by atoms with Crippen molar-refractivity contribution in [3.8, 4) is 5.75 Å². The summed E-state index contributed by atoms with van der Waals surface area (Å²) in [6, 6.07) is 7.92. The summed E-state index contributed by atoms with van der Waals surface area (Å²) in [5.74, 6) is 0.405. The Balaban J connectivity index is 0.00000180. The monoisotopic (exact) mass is 327 g/mol. The van der Waals surface area contributed by atoms with Gasteiger partial charge in [-0.2, -0.15) is 0 Å². The van der Waals surface area contributed by atoms with Crippen molar-refractivity contribution in [2.75, 3.05) is 20.6 Å². The molecule has 108 valence electrons. The van der Waals surface area contributed by atoms with E-state index in [1.807, 2.05) is 12.1 Å². The molecule has 3 heteroatoms. The molecule has 0 unspecified atom stereocenters. The van der Waals surface area contributed by atoms with Gasteiger partial charge in [0.25, 0.3) is 0 Å². The van der Waals surface area contributed by atoms with Crippen LogP contribution in [-0.4, -0.2) is 30.6 Å². The third-order valence-electron chi connectivity index (χ3n) is 4.31. The van der Waals surface area contributed by atoms with Crippen LogP contribution >= 0.6 is 17.0 Å². The first kappa shape index (κ1) is 16.5. The fourth-order valence-electron chi connectivity index (χ4n) is 3.18. The van der Waals surface area contributed by atoms with Crippen molar-refractivity contribution in [1.29, 1.82) is 0 Å². The predicted molar refractivity (Wildman–Crippen MR) is 86.4 cm³/mol. The molecule has 0 bridgehead atoms. The zero-order valence-corrected chi connectivity index (χ0v) is 13.8. The molecular formula is C16H26BrNO. The second-order valence-corrected chi connectivity index (χ2v) is 5.94. The van der Waals surface area contributed by atoms with Gasteiger partial charge >= 0.3 is 0 Å². The van der Waals surface area contributed by atoms with Gasteiger partial charge in [0.1, 0.15) is 5.75 Å². The van der Waals surface area contributed by atoms with Crippen LogP contribution < -0.4 is 0 Å². The van der Waals surface area contributed by atoms with E-state index in [-0.39, 0.29) is 17.0 Å². The fraction of sp³-hybridized carbons (Fsp3) is 0.625. The Morgan fingerprint density at radius 2 is 1.84 bits per heavy atom. The minimum absolute atomic E-state index is 0. The predicted octanol–water partition coefficient (Wildman–Crippen LogP) is 4.12. The van der Waals surface area contributed by atoms with Crippen molar-refractivity contribution in [1.82, 2.24) is 4.90 Å². The summed E-state index contributed by atoms with van der Waals surface area (Å²) in [4.78, 5) is 2.26. The fourth-order valence-corrected chi connectivity index (χ4v) is 3.18. The molecule has 0 spiro atoms. The molecule has 1 aromatic rings. The second kappa shape index (κ2) is 7.30. The van der Waals surface area contributed by atoms with E-state index in [9.17, 15) is 5.11 Å². The van der Waals surface area contributed by atoms with Gasteiger partial charge in [0.15, 0.2) is 0 Å². The highest BCUT2D eigenvalue weighted by atomic mass is 79.9. The van der Waals surface area contributed by atoms with Gasteiger partial charge in [-0.05, 0) is 63.0 Å². The summed E-state index contributed by atoms with van der Waals surface area (Å²) < 4.78 is 0. The van der Waals surface area contributed by atoms with E-state index >= 15 is 0 Å². The number of halogens is 1. The molecule has 0 heterocycles. The highest BCUT2D eigenvalue weighted by Crippen LogP contribution is 2.42.